The van der Waals surface area contributed by atoms with Gasteiger partial charge in [-0.25, -0.2) is 9.37 Å². The summed E-state index contributed by atoms with van der Waals surface area (Å²) in [6, 6.07) is 12.5. The number of carbonyl (C=O) groups is 2. The lowest BCUT2D eigenvalue weighted by Crippen LogP contribution is -2.50. The van der Waals surface area contributed by atoms with Gasteiger partial charge in [-0.2, -0.15) is 0 Å². The lowest BCUT2D eigenvalue weighted by Gasteiger charge is -2.37. The molecule has 3 atom stereocenters. The van der Waals surface area contributed by atoms with Crippen molar-refractivity contribution in [2.75, 3.05) is 26.7 Å². The number of fused-ring (bicyclic) bond motifs is 1. The highest BCUT2D eigenvalue weighted by Crippen LogP contribution is 2.31. The Labute approximate surface area is 209 Å². The Morgan fingerprint density at radius 3 is 2.67 bits per heavy atom. The van der Waals surface area contributed by atoms with Gasteiger partial charge in [0.15, 0.2) is 0 Å². The molecule has 1 aliphatic rings. The molecule has 36 heavy (non-hydrogen) atoms. The summed E-state index contributed by atoms with van der Waals surface area (Å²) in [4.78, 5) is 38.1. The summed E-state index contributed by atoms with van der Waals surface area (Å²) in [5, 5.41) is 9.83. The second-order valence-corrected chi connectivity index (χ2v) is 9.08. The molecule has 8 nitrogen and oxygen atoms in total. The quantitative estimate of drug-likeness (QED) is 0.568. The van der Waals surface area contributed by atoms with Gasteiger partial charge in [0, 0.05) is 43.0 Å². The van der Waals surface area contributed by atoms with Crippen LogP contribution in [0.3, 0.4) is 0 Å². The van der Waals surface area contributed by atoms with Crippen LogP contribution in [0.15, 0.2) is 60.9 Å². The van der Waals surface area contributed by atoms with Gasteiger partial charge in [0.25, 0.3) is 11.8 Å². The molecule has 188 valence electrons. The molecule has 1 aliphatic heterocycles. The zero-order valence-corrected chi connectivity index (χ0v) is 20.5. The van der Waals surface area contributed by atoms with Gasteiger partial charge in [-0.3, -0.25) is 14.6 Å². The highest BCUT2D eigenvalue weighted by molar-refractivity contribution is 5.98. The molecule has 2 amide bonds. The minimum absolute atomic E-state index is 0.102. The van der Waals surface area contributed by atoms with Crippen molar-refractivity contribution in [1.82, 2.24) is 19.8 Å². The number of carbonyl (C=O) groups excluding carboxylic acids is 2. The average molecular weight is 493 g/mol. The lowest BCUT2D eigenvalue weighted by molar-refractivity contribution is 0.0312. The molecule has 0 fully saturated rings. The Morgan fingerprint density at radius 2 is 1.97 bits per heavy atom. The highest BCUT2D eigenvalue weighted by Gasteiger charge is 2.35. The third-order valence-corrected chi connectivity index (χ3v) is 6.39. The van der Waals surface area contributed by atoms with Gasteiger partial charge >= 0.3 is 0 Å². The number of likely N-dealkylation sites (N-methyl/N-ethyl adjacent to an activating group) is 1. The van der Waals surface area contributed by atoms with Crippen LogP contribution < -0.4 is 4.74 Å². The van der Waals surface area contributed by atoms with Crippen LogP contribution in [0.25, 0.3) is 11.1 Å². The molecule has 0 radical (unpaired) electrons. The zero-order chi connectivity index (χ0) is 25.8. The number of rotatable bonds is 6. The summed E-state index contributed by atoms with van der Waals surface area (Å²) in [6.07, 6.45) is 2.52. The molecule has 9 heteroatoms. The maximum Gasteiger partial charge on any atom is 0.272 e. The van der Waals surface area contributed by atoms with E-state index in [1.165, 1.54) is 17.2 Å². The number of aromatic nitrogens is 2. The standard InChI is InChI=1S/C27H29FN4O4/c1-17-14-32(18(2)16-33)26(34)21-12-19(20-8-4-5-9-22(20)28)13-30-25(21)36-24(17)15-31(3)27(35)23-10-6-7-11-29-23/h4-13,17-18,24,33H,14-16H2,1-3H3/t17-,18-,24+/m0/s1. The third kappa shape index (κ3) is 5.21. The first kappa shape index (κ1) is 25.2. The number of pyridine rings is 2. The first-order valence-corrected chi connectivity index (χ1v) is 11.8. The van der Waals surface area contributed by atoms with Crippen LogP contribution in [0.5, 0.6) is 5.88 Å². The van der Waals surface area contributed by atoms with E-state index in [0.29, 0.717) is 23.4 Å². The Morgan fingerprint density at radius 1 is 1.22 bits per heavy atom. The van der Waals surface area contributed by atoms with Crippen LogP contribution in [0, 0.1) is 11.7 Å². The first-order chi connectivity index (χ1) is 17.3. The topological polar surface area (TPSA) is 95.9 Å². The van der Waals surface area contributed by atoms with E-state index < -0.39 is 18.0 Å². The Kier molecular flexibility index (Phi) is 7.59. The molecule has 0 aliphatic carbocycles. The van der Waals surface area contributed by atoms with Crippen molar-refractivity contribution in [2.24, 2.45) is 5.92 Å². The van der Waals surface area contributed by atoms with Crippen molar-refractivity contribution < 1.29 is 23.8 Å². The van der Waals surface area contributed by atoms with Gasteiger partial charge in [-0.15, -0.1) is 0 Å². The molecule has 3 aromatic rings. The van der Waals surface area contributed by atoms with E-state index in [2.05, 4.69) is 9.97 Å². The number of amides is 2. The van der Waals surface area contributed by atoms with E-state index in [4.69, 9.17) is 4.74 Å². The smallest absolute Gasteiger partial charge is 0.272 e. The van der Waals surface area contributed by atoms with Gasteiger partial charge in [0.1, 0.15) is 23.2 Å². The second kappa shape index (κ2) is 10.8. The number of ether oxygens (including phenoxy) is 1. The minimum atomic E-state index is -0.505. The molecular formula is C27H29FN4O4. The van der Waals surface area contributed by atoms with Crippen LogP contribution in [0.4, 0.5) is 4.39 Å². The number of aliphatic hydroxyl groups excluding tert-OH is 1. The van der Waals surface area contributed by atoms with Crippen LogP contribution in [0.2, 0.25) is 0 Å². The van der Waals surface area contributed by atoms with E-state index in [0.717, 1.165) is 0 Å². The van der Waals surface area contributed by atoms with E-state index in [9.17, 15) is 19.1 Å². The van der Waals surface area contributed by atoms with E-state index in [1.807, 2.05) is 6.92 Å². The van der Waals surface area contributed by atoms with Crippen LogP contribution in [0.1, 0.15) is 34.7 Å². The fourth-order valence-electron chi connectivity index (χ4n) is 4.20. The SMILES string of the molecule is C[C@H]1CN([C@@H](C)CO)C(=O)c2cc(-c3ccccc3F)cnc2O[C@@H]1CN(C)C(=O)c1ccccn1. The predicted octanol–water partition coefficient (Wildman–Crippen LogP) is 3.28. The maximum absolute atomic E-state index is 14.5. The van der Waals surface area contributed by atoms with Crippen molar-refractivity contribution in [2.45, 2.75) is 26.0 Å². The Bertz CT molecular complexity index is 1240. The van der Waals surface area contributed by atoms with Crippen LogP contribution in [-0.4, -0.2) is 75.6 Å². The molecule has 0 saturated heterocycles. The summed E-state index contributed by atoms with van der Waals surface area (Å²) in [5.74, 6) is -1.14. The largest absolute Gasteiger partial charge is 0.472 e. The van der Waals surface area contributed by atoms with Crippen molar-refractivity contribution >= 4 is 11.8 Å². The molecule has 2 aromatic heterocycles. The van der Waals surface area contributed by atoms with Gasteiger partial charge in [0.05, 0.1) is 19.2 Å². The maximum atomic E-state index is 14.5. The van der Waals surface area contributed by atoms with Gasteiger partial charge in [-0.05, 0) is 31.2 Å². The molecule has 0 saturated carbocycles. The summed E-state index contributed by atoms with van der Waals surface area (Å²) in [5.41, 5.74) is 1.24. The van der Waals surface area contributed by atoms with Crippen LogP contribution in [-0.2, 0) is 0 Å². The van der Waals surface area contributed by atoms with Crippen molar-refractivity contribution in [1.29, 1.82) is 0 Å². The van der Waals surface area contributed by atoms with Gasteiger partial charge in [-0.1, -0.05) is 31.2 Å². The number of benzene rings is 1. The highest BCUT2D eigenvalue weighted by atomic mass is 19.1. The Hall–Kier alpha value is -3.85. The molecule has 3 heterocycles. The molecule has 1 N–H and O–H groups in total. The van der Waals surface area contributed by atoms with E-state index >= 15 is 0 Å². The Balaban J connectivity index is 1.70. The first-order valence-electron chi connectivity index (χ1n) is 11.8. The fraction of sp³-hybridized carbons (Fsp3) is 0.333. The third-order valence-electron chi connectivity index (χ3n) is 6.39. The minimum Gasteiger partial charge on any atom is -0.472 e. The van der Waals surface area contributed by atoms with Crippen LogP contribution >= 0.6 is 0 Å². The predicted molar refractivity (Wildman–Crippen MR) is 132 cm³/mol. The summed E-state index contributed by atoms with van der Waals surface area (Å²) < 4.78 is 20.7. The average Bonchev–Trinajstić information content (AvgIpc) is 2.90. The van der Waals surface area contributed by atoms with Crippen molar-refractivity contribution in [3.05, 3.63) is 78.0 Å². The summed E-state index contributed by atoms with van der Waals surface area (Å²) >= 11 is 0. The summed E-state index contributed by atoms with van der Waals surface area (Å²) in [6.45, 7) is 3.97. The van der Waals surface area contributed by atoms with E-state index in [-0.39, 0.29) is 42.3 Å². The normalized spacial score (nSPS) is 18.5. The number of halogens is 1. The monoisotopic (exact) mass is 492 g/mol. The van der Waals surface area contributed by atoms with Gasteiger partial charge < -0.3 is 19.6 Å². The molecule has 0 bridgehead atoms. The van der Waals surface area contributed by atoms with Gasteiger partial charge in [0.2, 0.25) is 5.88 Å². The number of nitrogens with zero attached hydrogens (tertiary/aromatic N) is 4. The molecular weight excluding hydrogens is 463 g/mol. The summed E-state index contributed by atoms with van der Waals surface area (Å²) in [7, 11) is 1.67. The lowest BCUT2D eigenvalue weighted by atomic mass is 9.99. The number of hydrogen-bond donors (Lipinski definition) is 1. The van der Waals surface area contributed by atoms with Crippen molar-refractivity contribution in [3.8, 4) is 17.0 Å². The number of aliphatic hydroxyl groups is 1. The second-order valence-electron chi connectivity index (χ2n) is 9.08. The molecule has 4 rings (SSSR count). The molecule has 1 aromatic carbocycles. The molecule has 0 spiro atoms. The fourth-order valence-corrected chi connectivity index (χ4v) is 4.20. The van der Waals surface area contributed by atoms with E-state index in [1.54, 1.807) is 67.5 Å². The zero-order valence-electron chi connectivity index (χ0n) is 20.5. The molecule has 0 unspecified atom stereocenters. The van der Waals surface area contributed by atoms with Crippen molar-refractivity contribution in [3.63, 3.8) is 0 Å². The number of hydrogen-bond acceptors (Lipinski definition) is 6.